The molecular formula is C88H77B13N4S2. The van der Waals surface area contributed by atoms with Crippen molar-refractivity contribution in [3.63, 3.8) is 0 Å². The van der Waals surface area contributed by atoms with Gasteiger partial charge in [0.25, 0.3) is 0 Å². The number of hydrogen-bond donors (Lipinski definition) is 0. The molecule has 0 N–H and O–H groups in total. The van der Waals surface area contributed by atoms with Gasteiger partial charge in [0.05, 0.1) is 17.1 Å². The summed E-state index contributed by atoms with van der Waals surface area (Å²) in [6.45, 7) is 0. The fraction of sp³-hybridized carbons (Fsp3) is 0.0227. The molecule has 0 radical (unpaired) electrons. The molecule has 4 nitrogen and oxygen atoms in total. The summed E-state index contributed by atoms with van der Waals surface area (Å²) in [4.78, 5) is 25.1. The van der Waals surface area contributed by atoms with Gasteiger partial charge in [0.15, 0.2) is 5.82 Å². The molecule has 19 heteroatoms. The Hall–Kier alpha value is -10.4. The molecule has 107 heavy (non-hydrogen) atoms. The lowest BCUT2D eigenvalue weighted by atomic mass is 9.60. The lowest BCUT2D eigenvalue weighted by molar-refractivity contribution is 0.737. The molecule has 15 aromatic rings. The van der Waals surface area contributed by atoms with Gasteiger partial charge in [0, 0.05) is 63.4 Å². The summed E-state index contributed by atoms with van der Waals surface area (Å²) in [7, 11) is 25.3. The molecule has 0 fully saturated rings. The molecule has 0 saturated carbocycles. The lowest BCUT2D eigenvalue weighted by Crippen LogP contribution is -2.55. The van der Waals surface area contributed by atoms with Gasteiger partial charge in [-0.05, 0) is 146 Å². The zero-order chi connectivity index (χ0) is 73.7. The van der Waals surface area contributed by atoms with Gasteiger partial charge in [-0.3, -0.25) is 4.57 Å². The Morgan fingerprint density at radius 1 is 0.280 bits per heavy atom. The van der Waals surface area contributed by atoms with Crippen molar-refractivity contribution in [3.8, 4) is 50.6 Å². The van der Waals surface area contributed by atoms with Crippen molar-refractivity contribution in [2.75, 3.05) is 4.90 Å². The monoisotopic (exact) mass is 1400 g/mol. The maximum absolute atomic E-state index is 6.32. The minimum atomic E-state index is -2.60. The van der Waals surface area contributed by atoms with Crippen molar-refractivity contribution in [1.82, 2.24) is 14.5 Å². The number of nitrogens with zero attached hydrogens (tertiary/aromatic N) is 4. The van der Waals surface area contributed by atoms with Gasteiger partial charge in [0.1, 0.15) is 114 Å². The van der Waals surface area contributed by atoms with E-state index >= 15 is 0 Å². The summed E-state index contributed by atoms with van der Waals surface area (Å²) in [6, 6.07) is 104. The van der Waals surface area contributed by atoms with Gasteiger partial charge in [0.2, 0.25) is 0 Å². The third-order valence-electron chi connectivity index (χ3n) is 24.2. The van der Waals surface area contributed by atoms with Gasteiger partial charge < -0.3 is 4.90 Å². The van der Waals surface area contributed by atoms with Crippen LogP contribution in [0.15, 0.2) is 336 Å². The molecule has 2 aromatic heterocycles. The highest BCUT2D eigenvalue weighted by molar-refractivity contribution is 8.35. The smallest absolute Gasteiger partial charge is 0.162 e. The number of allylic oxidation sites excluding steroid dienone is 2. The molecule has 1 aliphatic heterocycles. The fourth-order valence-electron chi connectivity index (χ4n) is 18.4. The normalized spacial score (nSPS) is 14.3. The predicted molar refractivity (Wildman–Crippen MR) is 498 cm³/mol. The zero-order valence-electron chi connectivity index (χ0n) is 63.6. The summed E-state index contributed by atoms with van der Waals surface area (Å²) in [5.41, 5.74) is 29.9. The van der Waals surface area contributed by atoms with Crippen molar-refractivity contribution in [2.45, 2.75) is 51.1 Å². The van der Waals surface area contributed by atoms with Crippen molar-refractivity contribution >= 4 is 226 Å². The third kappa shape index (κ3) is 11.0. The van der Waals surface area contributed by atoms with Crippen LogP contribution in [0.1, 0.15) is 11.5 Å². The van der Waals surface area contributed by atoms with Crippen LogP contribution in [-0.4, -0.2) is 123 Å². The first kappa shape index (κ1) is 69.6. The van der Waals surface area contributed by atoms with Gasteiger partial charge in [-0.15, -0.1) is 52.8 Å². The average molecular weight is 1400 g/mol. The Morgan fingerprint density at radius 2 is 0.654 bits per heavy atom. The number of benzene rings is 13. The Kier molecular flexibility index (Phi) is 18.0. The average Bonchev–Trinajstić information content (AvgIpc) is 1.40. The second kappa shape index (κ2) is 27.7. The Balaban J connectivity index is 1.08. The van der Waals surface area contributed by atoms with Crippen molar-refractivity contribution in [2.24, 2.45) is 0 Å². The van der Waals surface area contributed by atoms with E-state index in [-0.39, 0.29) is 12.0 Å². The number of anilines is 2. The van der Waals surface area contributed by atoms with Crippen LogP contribution in [0.3, 0.4) is 0 Å². The molecule has 0 saturated heterocycles. The largest absolute Gasteiger partial charge is 0.318 e. The van der Waals surface area contributed by atoms with Crippen LogP contribution in [0.4, 0.5) is 11.5 Å². The number of rotatable bonds is 14. The van der Waals surface area contributed by atoms with Crippen molar-refractivity contribution in [3.05, 3.63) is 303 Å². The minimum absolute atomic E-state index is 0.0592. The second-order valence-electron chi connectivity index (χ2n) is 29.5. The molecule has 0 bridgehead atoms. The molecule has 0 amide bonds. The van der Waals surface area contributed by atoms with E-state index in [4.69, 9.17) is 9.97 Å². The Bertz CT molecular complexity index is 5750. The maximum Gasteiger partial charge on any atom is 0.162 e. The van der Waals surface area contributed by atoms with E-state index in [2.05, 4.69) is 409 Å². The first-order valence-corrected chi connectivity index (χ1v) is 40.9. The topological polar surface area (TPSA) is 34.0 Å². The molecule has 2 unspecified atom stereocenters. The number of fused-ring (bicyclic) bond motifs is 6. The summed E-state index contributed by atoms with van der Waals surface area (Å²) < 4.78 is 2.41. The zero-order valence-corrected chi connectivity index (χ0v) is 65.2. The van der Waals surface area contributed by atoms with E-state index < -0.39 is 20.1 Å². The predicted octanol–water partition coefficient (Wildman–Crippen LogP) is 1.01. The molecule has 0 spiro atoms. The molecule has 17 rings (SSSR count). The molecule has 1 aliphatic carbocycles. The Morgan fingerprint density at radius 3 is 1.10 bits per heavy atom. The van der Waals surface area contributed by atoms with Crippen LogP contribution in [0.5, 0.6) is 0 Å². The van der Waals surface area contributed by atoms with Crippen LogP contribution < -0.4 is 75.9 Å². The summed E-state index contributed by atoms with van der Waals surface area (Å²) in [6.07, 6.45) is 9.23. The summed E-state index contributed by atoms with van der Waals surface area (Å²) in [5, 5.41) is 2.34. The summed E-state index contributed by atoms with van der Waals surface area (Å²) in [5.74, 6) is 2.35. The van der Waals surface area contributed by atoms with Crippen LogP contribution in [0.25, 0.3) is 72.4 Å². The van der Waals surface area contributed by atoms with E-state index in [1.54, 1.807) is 0 Å². The third-order valence-corrected chi connectivity index (χ3v) is 32.5. The van der Waals surface area contributed by atoms with E-state index in [9.17, 15) is 0 Å². The quantitative estimate of drug-likeness (QED) is 0.153. The van der Waals surface area contributed by atoms with Gasteiger partial charge >= 0.3 is 0 Å². The summed E-state index contributed by atoms with van der Waals surface area (Å²) >= 11 is 0. The van der Waals surface area contributed by atoms with Crippen LogP contribution in [0.2, 0.25) is 0 Å². The molecule has 3 heterocycles. The van der Waals surface area contributed by atoms with Gasteiger partial charge in [-0.2, -0.15) is 0 Å². The molecule has 500 valence electrons. The highest BCUT2D eigenvalue weighted by atomic mass is 32.3. The van der Waals surface area contributed by atoms with E-state index in [1.165, 1.54) is 149 Å². The molecule has 2 atom stereocenters. The highest BCUT2D eigenvalue weighted by Gasteiger charge is 2.45. The Labute approximate surface area is 645 Å². The van der Waals surface area contributed by atoms with E-state index in [0.29, 0.717) is 5.82 Å². The van der Waals surface area contributed by atoms with E-state index in [1.807, 2.05) is 0 Å². The number of para-hydroxylation sites is 2. The van der Waals surface area contributed by atoms with Gasteiger partial charge in [-0.25, -0.2) is 9.97 Å². The first-order chi connectivity index (χ1) is 52.0. The maximum atomic E-state index is 6.32. The minimum Gasteiger partial charge on any atom is -0.318 e. The second-order valence-corrected chi connectivity index (χ2v) is 35.6. The highest BCUT2D eigenvalue weighted by Crippen LogP contribution is 2.76. The van der Waals surface area contributed by atoms with Crippen LogP contribution in [-0.2, 0) is 0 Å². The van der Waals surface area contributed by atoms with Crippen molar-refractivity contribution < 1.29 is 0 Å². The molecule has 13 aromatic carbocycles. The van der Waals surface area contributed by atoms with Crippen LogP contribution >= 0.6 is 20.1 Å². The van der Waals surface area contributed by atoms with E-state index in [0.717, 1.165) is 44.8 Å². The van der Waals surface area contributed by atoms with Crippen LogP contribution in [0, 0.1) is 0 Å². The lowest BCUT2D eigenvalue weighted by Gasteiger charge is -2.49. The SMILES string of the molecule is Bc1c(B)c(B)c(-c2cccc(S(c3ccccc3)(c3ccccc3)c3c(B)c(-c4nc(N5c6ccc(-c7ccccc7)cc6C6C=CC=CC65)cc(-n5c6ccccc6c6ccccc65)n4)c(B)c(S(c4ccccc4)(c4ccccc4)c4cccc(-c5c(B)c(B)c(B)c(B)c5B)c4)c3B)c2)c(B)c1B. The fourth-order valence-corrected chi connectivity index (χ4v) is 27.2. The number of aromatic nitrogens is 3. The standard InChI is InChI=1S/C88H77B13N4S2/c89-73-70(74(90)80(96)83(99)79(73)95)52-26-22-36-58(46-52)106(54-28-8-2-9-29-54,55-30-10-3-11-31-55)86-77(93)72(78(94)87(85(86)101)107(56-32-12-4-13-33-56,57-34-14-5-15-35-57)59-37-23-27-53(47-59)71-75(91)81(97)84(100)82(98)76(71)92)88-102-68(104-64-41-19-16-38-60(64)61-39-17-20-42-65(61)104)49-69(103-88)105-66-43-21-18-40-62(66)63-48-51(44-45-67(63)105)50-24-6-1-7-25-50/h1-49,62,66H,89-101H2. The first-order valence-electron chi connectivity index (χ1n) is 37.6. The molecular weight excluding hydrogens is 1320 g/mol. The number of hydrogen-bond acceptors (Lipinski definition) is 3. The van der Waals surface area contributed by atoms with Gasteiger partial charge in [-0.1, -0.05) is 232 Å². The van der Waals surface area contributed by atoms with Crippen molar-refractivity contribution in [1.29, 1.82) is 0 Å². The molecule has 2 aliphatic rings.